The average Bonchev–Trinajstić information content (AvgIpc) is 2.96. The highest BCUT2D eigenvalue weighted by Gasteiger charge is 2.51. The number of aryl methyl sites for hydroxylation is 6. The Hall–Kier alpha value is -2.33. The molecule has 2 saturated heterocycles. The van der Waals surface area contributed by atoms with Crippen molar-refractivity contribution in [3.05, 3.63) is 68.8 Å². The van der Waals surface area contributed by atoms with Crippen molar-refractivity contribution in [1.29, 1.82) is 0 Å². The van der Waals surface area contributed by atoms with Crippen LogP contribution in [-0.4, -0.2) is 57.4 Å². The summed E-state index contributed by atoms with van der Waals surface area (Å²) >= 11 is 0. The number of hydrogen-bond donors (Lipinski definition) is 3. The van der Waals surface area contributed by atoms with E-state index in [2.05, 4.69) is 58.9 Å². The highest BCUT2D eigenvalue weighted by Crippen LogP contribution is 2.46. The monoisotopic (exact) mass is 668 g/mol. The van der Waals surface area contributed by atoms with Crippen LogP contribution in [0.1, 0.15) is 112 Å². The van der Waals surface area contributed by atoms with Gasteiger partial charge in [0.15, 0.2) is 12.6 Å². The lowest BCUT2D eigenvalue weighted by molar-refractivity contribution is -0.320. The van der Waals surface area contributed by atoms with E-state index in [1.54, 1.807) is 13.8 Å². The highest BCUT2D eigenvalue weighted by molar-refractivity contribution is 5.70. The van der Waals surface area contributed by atoms with Crippen LogP contribution in [0.25, 0.3) is 0 Å². The third kappa shape index (κ3) is 7.85. The number of aliphatic carboxylic acids is 1. The van der Waals surface area contributed by atoms with Crippen molar-refractivity contribution < 1.29 is 39.1 Å². The topological polar surface area (TPSA) is 115 Å². The van der Waals surface area contributed by atoms with Crippen LogP contribution in [0.4, 0.5) is 0 Å². The van der Waals surface area contributed by atoms with Crippen molar-refractivity contribution in [2.45, 2.75) is 145 Å². The molecule has 13 atom stereocenters. The molecule has 0 bridgehead atoms. The predicted molar refractivity (Wildman–Crippen MR) is 187 cm³/mol. The standard InChI is InChI=1S/C40H60O8/c1-19-14-21(3)31(22(4)15-19)38-45-33(27(9)35(47-38)29(11)37(42)43)25(7)18-40(13,44)36-28(10)34(26(8)30(12)41)46-39(48-36)32-23(5)16-20(2)17-24(32)6/h14-17,25-30,33-36,38-39,41,44H,18H2,1-13H3,(H,42,43)/t25-,26-,27+,28+,29+,30+,33-,34-,35-,36+,38?,39?,40-/m0/s1. The number of aliphatic hydroxyl groups excluding tert-OH is 1. The number of ether oxygens (including phenoxy) is 4. The number of carboxylic acids is 1. The summed E-state index contributed by atoms with van der Waals surface area (Å²) in [5.41, 5.74) is 7.01. The van der Waals surface area contributed by atoms with Crippen LogP contribution >= 0.6 is 0 Å². The first-order valence-electron chi connectivity index (χ1n) is 17.7. The van der Waals surface area contributed by atoms with Crippen LogP contribution in [0, 0.1) is 71.1 Å². The smallest absolute Gasteiger partial charge is 0.308 e. The molecule has 0 aliphatic carbocycles. The van der Waals surface area contributed by atoms with Gasteiger partial charge < -0.3 is 34.3 Å². The van der Waals surface area contributed by atoms with Crippen molar-refractivity contribution in [3.8, 4) is 0 Å². The van der Waals surface area contributed by atoms with Gasteiger partial charge in [-0.05, 0) is 96.9 Å². The van der Waals surface area contributed by atoms with Gasteiger partial charge in [-0.2, -0.15) is 0 Å². The molecule has 4 rings (SSSR count). The van der Waals surface area contributed by atoms with E-state index in [1.165, 1.54) is 0 Å². The fraction of sp³-hybridized carbons (Fsp3) is 0.675. The normalized spacial score (nSPS) is 31.8. The summed E-state index contributed by atoms with van der Waals surface area (Å²) < 4.78 is 26.6. The molecule has 0 aromatic heterocycles. The molecule has 8 heteroatoms. The molecular formula is C40H60O8. The highest BCUT2D eigenvalue weighted by atomic mass is 16.7. The number of aliphatic hydroxyl groups is 2. The molecule has 2 unspecified atom stereocenters. The maximum atomic E-state index is 12.4. The molecule has 2 fully saturated rings. The van der Waals surface area contributed by atoms with Crippen LogP contribution in [0.3, 0.4) is 0 Å². The zero-order valence-electron chi connectivity index (χ0n) is 31.3. The fourth-order valence-corrected chi connectivity index (χ4v) is 8.72. The molecule has 8 nitrogen and oxygen atoms in total. The number of carbonyl (C=O) groups is 1. The molecule has 0 radical (unpaired) electrons. The first-order chi connectivity index (χ1) is 22.2. The van der Waals surface area contributed by atoms with Gasteiger partial charge in [-0.3, -0.25) is 4.79 Å². The Morgan fingerprint density at radius 3 is 1.58 bits per heavy atom. The van der Waals surface area contributed by atoms with Crippen LogP contribution in [0.15, 0.2) is 24.3 Å². The van der Waals surface area contributed by atoms with Gasteiger partial charge in [-0.15, -0.1) is 0 Å². The van der Waals surface area contributed by atoms with E-state index in [-0.39, 0.29) is 29.8 Å². The van der Waals surface area contributed by atoms with Gasteiger partial charge in [0.05, 0.1) is 42.0 Å². The first-order valence-corrected chi connectivity index (χ1v) is 17.7. The molecule has 48 heavy (non-hydrogen) atoms. The van der Waals surface area contributed by atoms with Gasteiger partial charge >= 0.3 is 5.97 Å². The van der Waals surface area contributed by atoms with Gasteiger partial charge in [0, 0.05) is 28.9 Å². The van der Waals surface area contributed by atoms with Crippen LogP contribution in [0.2, 0.25) is 0 Å². The number of benzene rings is 2. The molecular weight excluding hydrogens is 608 g/mol. The third-order valence-electron chi connectivity index (χ3n) is 11.2. The van der Waals surface area contributed by atoms with E-state index < -0.39 is 54.5 Å². The zero-order chi connectivity index (χ0) is 36.0. The Labute approximate surface area is 288 Å². The molecule has 2 aliphatic rings. The van der Waals surface area contributed by atoms with E-state index >= 15 is 0 Å². The maximum Gasteiger partial charge on any atom is 0.308 e. The third-order valence-corrected chi connectivity index (χ3v) is 11.2. The van der Waals surface area contributed by atoms with Gasteiger partial charge in [-0.1, -0.05) is 63.1 Å². The molecule has 2 aromatic rings. The summed E-state index contributed by atoms with van der Waals surface area (Å²) in [4.78, 5) is 12.3. The summed E-state index contributed by atoms with van der Waals surface area (Å²) in [5, 5.41) is 33.1. The van der Waals surface area contributed by atoms with Crippen molar-refractivity contribution >= 4 is 5.97 Å². The fourth-order valence-electron chi connectivity index (χ4n) is 8.72. The molecule has 0 saturated carbocycles. The molecule has 268 valence electrons. The van der Waals surface area contributed by atoms with Crippen molar-refractivity contribution in [2.75, 3.05) is 0 Å². The van der Waals surface area contributed by atoms with Crippen molar-refractivity contribution in [1.82, 2.24) is 0 Å². The second-order valence-electron chi connectivity index (χ2n) is 15.6. The van der Waals surface area contributed by atoms with Gasteiger partial charge in [0.1, 0.15) is 0 Å². The second kappa shape index (κ2) is 14.9. The summed E-state index contributed by atoms with van der Waals surface area (Å²) in [6.07, 6.45) is -3.72. The Balaban J connectivity index is 1.69. The minimum Gasteiger partial charge on any atom is -0.481 e. The average molecular weight is 669 g/mol. The second-order valence-corrected chi connectivity index (χ2v) is 15.6. The minimum atomic E-state index is -1.31. The first kappa shape index (κ1) is 38.5. The van der Waals surface area contributed by atoms with E-state index in [9.17, 15) is 20.1 Å². The maximum absolute atomic E-state index is 12.4. The molecule has 0 spiro atoms. The van der Waals surface area contributed by atoms with E-state index in [1.807, 2.05) is 41.5 Å². The van der Waals surface area contributed by atoms with Crippen LogP contribution in [-0.2, 0) is 23.7 Å². The summed E-state index contributed by atoms with van der Waals surface area (Å²) in [7, 11) is 0. The molecule has 0 amide bonds. The Kier molecular flexibility index (Phi) is 11.9. The molecule has 3 N–H and O–H groups in total. The summed E-state index contributed by atoms with van der Waals surface area (Å²) in [5.74, 6) is -2.56. The van der Waals surface area contributed by atoms with Gasteiger partial charge in [0.2, 0.25) is 0 Å². The Bertz CT molecular complexity index is 1400. The number of carboxylic acid groups (broad SMARTS) is 1. The molecule has 2 aromatic carbocycles. The minimum absolute atomic E-state index is 0.191. The largest absolute Gasteiger partial charge is 0.481 e. The Morgan fingerprint density at radius 1 is 0.729 bits per heavy atom. The molecule has 2 aliphatic heterocycles. The number of hydrogen-bond acceptors (Lipinski definition) is 7. The SMILES string of the molecule is Cc1cc(C)c(C2O[C@@H]([C@@H](C)C[C@](C)(O)[C@@H]3OC(c4c(C)cc(C)cc4C)O[C@@H]([C@@H](C)[C@@H](C)O)[C@H]3C)[C@@H](C)[C@@H]([C@@H](C)C(=O)O)O2)c(C)c1. The summed E-state index contributed by atoms with van der Waals surface area (Å²) in [6, 6.07) is 8.41. The zero-order valence-corrected chi connectivity index (χ0v) is 31.3. The lowest BCUT2D eigenvalue weighted by Crippen LogP contribution is -2.57. The quantitative estimate of drug-likeness (QED) is 0.237. The molecule has 2 heterocycles. The lowest BCUT2D eigenvalue weighted by Gasteiger charge is -2.50. The number of rotatable bonds is 10. The summed E-state index contributed by atoms with van der Waals surface area (Å²) in [6.45, 7) is 25.6. The predicted octanol–water partition coefficient (Wildman–Crippen LogP) is 7.59. The van der Waals surface area contributed by atoms with E-state index in [0.29, 0.717) is 6.42 Å². The Morgan fingerprint density at radius 2 is 1.15 bits per heavy atom. The van der Waals surface area contributed by atoms with Gasteiger partial charge in [0.25, 0.3) is 0 Å². The van der Waals surface area contributed by atoms with E-state index in [0.717, 1.165) is 44.5 Å². The van der Waals surface area contributed by atoms with Gasteiger partial charge in [-0.25, -0.2) is 0 Å². The van der Waals surface area contributed by atoms with Crippen LogP contribution in [0.5, 0.6) is 0 Å². The van der Waals surface area contributed by atoms with Crippen molar-refractivity contribution in [3.63, 3.8) is 0 Å². The van der Waals surface area contributed by atoms with Crippen molar-refractivity contribution in [2.24, 2.45) is 29.6 Å². The lowest BCUT2D eigenvalue weighted by atomic mass is 9.73. The van der Waals surface area contributed by atoms with Crippen LogP contribution < -0.4 is 0 Å². The van der Waals surface area contributed by atoms with E-state index in [4.69, 9.17) is 18.9 Å².